The number of hydrogen-bond acceptors (Lipinski definition) is 7. The molecule has 0 aliphatic rings. The molecule has 4 N–H and O–H groups in total. The van der Waals surface area contributed by atoms with Crippen molar-refractivity contribution in [3.63, 3.8) is 0 Å². The van der Waals surface area contributed by atoms with Crippen molar-refractivity contribution in [2.24, 2.45) is 5.84 Å². The van der Waals surface area contributed by atoms with E-state index in [1.165, 1.54) is 0 Å². The highest BCUT2D eigenvalue weighted by atomic mass is 32.1. The number of rotatable bonds is 5. The van der Waals surface area contributed by atoms with Crippen molar-refractivity contribution in [1.82, 2.24) is 15.3 Å². The monoisotopic (exact) mass is 294 g/mol. The average molecular weight is 294 g/mol. The highest BCUT2D eigenvalue weighted by molar-refractivity contribution is 7.18. The van der Waals surface area contributed by atoms with E-state index in [0.29, 0.717) is 12.5 Å². The second kappa shape index (κ2) is 6.02. The van der Waals surface area contributed by atoms with Gasteiger partial charge in [-0.05, 0) is 19.9 Å². The lowest BCUT2D eigenvalue weighted by molar-refractivity contribution is -0.119. The maximum Gasteiger partial charge on any atom is 0.240 e. The van der Waals surface area contributed by atoms with E-state index in [2.05, 4.69) is 20.7 Å². The second-order valence-corrected chi connectivity index (χ2v) is 5.51. The summed E-state index contributed by atoms with van der Waals surface area (Å²) < 4.78 is 0. The number of nitrogens with one attached hydrogen (secondary N) is 2. The van der Waals surface area contributed by atoms with Gasteiger partial charge in [0.2, 0.25) is 11.9 Å². The van der Waals surface area contributed by atoms with Crippen LogP contribution in [0.4, 0.5) is 11.8 Å². The van der Waals surface area contributed by atoms with Gasteiger partial charge in [0.1, 0.15) is 10.6 Å². The van der Waals surface area contributed by atoms with Gasteiger partial charge in [-0.2, -0.15) is 4.98 Å². The SMILES string of the molecule is CCN(CC(=O)NC)c1nc(NN)nc2sc(C)cc12. The van der Waals surface area contributed by atoms with Crippen molar-refractivity contribution in [2.45, 2.75) is 13.8 Å². The quantitative estimate of drug-likeness (QED) is 0.559. The molecule has 2 aromatic rings. The van der Waals surface area contributed by atoms with E-state index in [9.17, 15) is 4.79 Å². The number of aromatic nitrogens is 2. The van der Waals surface area contributed by atoms with E-state index >= 15 is 0 Å². The first-order valence-corrected chi connectivity index (χ1v) is 7.11. The molecule has 7 nitrogen and oxygen atoms in total. The van der Waals surface area contributed by atoms with Crippen molar-refractivity contribution in [1.29, 1.82) is 0 Å². The molecule has 0 atom stereocenters. The summed E-state index contributed by atoms with van der Waals surface area (Å²) in [6.07, 6.45) is 0. The third-order valence-electron chi connectivity index (χ3n) is 2.92. The van der Waals surface area contributed by atoms with Gasteiger partial charge in [0.05, 0.1) is 11.9 Å². The molecule has 0 saturated heterocycles. The van der Waals surface area contributed by atoms with Crippen LogP contribution in [0.2, 0.25) is 0 Å². The molecule has 0 bridgehead atoms. The Morgan fingerprint density at radius 2 is 2.25 bits per heavy atom. The van der Waals surface area contributed by atoms with Crippen LogP contribution >= 0.6 is 11.3 Å². The summed E-state index contributed by atoms with van der Waals surface area (Å²) in [5.41, 5.74) is 2.47. The molecule has 0 spiro atoms. The topological polar surface area (TPSA) is 96.2 Å². The Balaban J connectivity index is 2.51. The lowest BCUT2D eigenvalue weighted by Crippen LogP contribution is -2.36. The van der Waals surface area contributed by atoms with Crippen LogP contribution in [0.5, 0.6) is 0 Å². The maximum atomic E-state index is 11.6. The van der Waals surface area contributed by atoms with Crippen molar-refractivity contribution in [3.8, 4) is 0 Å². The molecule has 0 aliphatic heterocycles. The molecule has 8 heteroatoms. The van der Waals surface area contributed by atoms with Crippen LogP contribution in [-0.2, 0) is 4.79 Å². The minimum Gasteiger partial charge on any atom is -0.358 e. The molecule has 2 aromatic heterocycles. The number of nitrogen functional groups attached to an aromatic ring is 1. The Hall–Kier alpha value is -1.93. The smallest absolute Gasteiger partial charge is 0.240 e. The van der Waals surface area contributed by atoms with E-state index in [-0.39, 0.29) is 12.5 Å². The molecule has 20 heavy (non-hydrogen) atoms. The lowest BCUT2D eigenvalue weighted by Gasteiger charge is -2.22. The number of carbonyl (C=O) groups excluding carboxylic acids is 1. The van der Waals surface area contributed by atoms with Crippen LogP contribution < -0.4 is 21.5 Å². The van der Waals surface area contributed by atoms with Crippen LogP contribution in [-0.4, -0.2) is 36.0 Å². The van der Waals surface area contributed by atoms with Gasteiger partial charge in [-0.15, -0.1) is 11.3 Å². The largest absolute Gasteiger partial charge is 0.358 e. The summed E-state index contributed by atoms with van der Waals surface area (Å²) in [6, 6.07) is 2.03. The number of aryl methyl sites for hydroxylation is 1. The zero-order valence-corrected chi connectivity index (χ0v) is 12.5. The summed E-state index contributed by atoms with van der Waals surface area (Å²) in [4.78, 5) is 24.2. The Kier molecular flexibility index (Phi) is 4.35. The predicted molar refractivity (Wildman–Crippen MR) is 81.9 cm³/mol. The number of amides is 1. The summed E-state index contributed by atoms with van der Waals surface area (Å²) >= 11 is 1.57. The van der Waals surface area contributed by atoms with Crippen LogP contribution in [0.1, 0.15) is 11.8 Å². The van der Waals surface area contributed by atoms with Gasteiger partial charge in [-0.1, -0.05) is 0 Å². The van der Waals surface area contributed by atoms with E-state index < -0.39 is 0 Å². The van der Waals surface area contributed by atoms with Gasteiger partial charge in [-0.25, -0.2) is 10.8 Å². The van der Waals surface area contributed by atoms with Gasteiger partial charge in [0.15, 0.2) is 0 Å². The fraction of sp³-hybridized carbons (Fsp3) is 0.417. The first-order chi connectivity index (χ1) is 9.58. The van der Waals surface area contributed by atoms with Crippen molar-refractivity contribution in [3.05, 3.63) is 10.9 Å². The van der Waals surface area contributed by atoms with Crippen LogP contribution in [0, 0.1) is 6.92 Å². The highest BCUT2D eigenvalue weighted by Gasteiger charge is 2.17. The predicted octanol–water partition coefficient (Wildman–Crippen LogP) is 0.858. The van der Waals surface area contributed by atoms with Gasteiger partial charge in [0.25, 0.3) is 0 Å². The van der Waals surface area contributed by atoms with Gasteiger partial charge in [0, 0.05) is 18.5 Å². The summed E-state index contributed by atoms with van der Waals surface area (Å²) in [7, 11) is 1.62. The van der Waals surface area contributed by atoms with Gasteiger partial charge in [-0.3, -0.25) is 10.2 Å². The second-order valence-electron chi connectivity index (χ2n) is 4.28. The molecule has 0 aliphatic carbocycles. The number of carbonyl (C=O) groups is 1. The van der Waals surface area contributed by atoms with Crippen LogP contribution in [0.15, 0.2) is 6.07 Å². The molecule has 0 unspecified atom stereocenters. The number of hydrogen-bond donors (Lipinski definition) is 3. The van der Waals surface area contributed by atoms with E-state index in [4.69, 9.17) is 5.84 Å². The van der Waals surface area contributed by atoms with E-state index in [1.807, 2.05) is 24.8 Å². The van der Waals surface area contributed by atoms with Crippen LogP contribution in [0.25, 0.3) is 10.2 Å². The number of thiophene rings is 1. The number of hydrazine groups is 1. The van der Waals surface area contributed by atoms with Crippen LogP contribution in [0.3, 0.4) is 0 Å². The fourth-order valence-corrected chi connectivity index (χ4v) is 2.80. The normalized spacial score (nSPS) is 10.6. The van der Waals surface area contributed by atoms with Crippen molar-refractivity contribution < 1.29 is 4.79 Å². The number of nitrogens with zero attached hydrogens (tertiary/aromatic N) is 3. The molecular weight excluding hydrogens is 276 g/mol. The molecule has 0 fully saturated rings. The van der Waals surface area contributed by atoms with Crippen molar-refractivity contribution >= 4 is 39.2 Å². The Bertz CT molecular complexity index is 626. The summed E-state index contributed by atoms with van der Waals surface area (Å²) in [5.74, 6) is 6.43. The Labute approximate surface area is 121 Å². The molecule has 2 heterocycles. The first kappa shape index (κ1) is 14.5. The molecule has 0 aromatic carbocycles. The minimum absolute atomic E-state index is 0.0622. The molecule has 2 rings (SSSR count). The van der Waals surface area contributed by atoms with E-state index in [1.54, 1.807) is 18.4 Å². The maximum absolute atomic E-state index is 11.6. The number of fused-ring (bicyclic) bond motifs is 1. The Morgan fingerprint density at radius 3 is 2.85 bits per heavy atom. The molecular formula is C12H18N6OS. The summed E-state index contributed by atoms with van der Waals surface area (Å²) in [5, 5.41) is 3.56. The number of likely N-dealkylation sites (N-methyl/N-ethyl adjacent to an activating group) is 2. The van der Waals surface area contributed by atoms with E-state index in [0.717, 1.165) is 20.9 Å². The lowest BCUT2D eigenvalue weighted by atomic mass is 10.3. The molecule has 1 amide bonds. The highest BCUT2D eigenvalue weighted by Crippen LogP contribution is 2.31. The Morgan fingerprint density at radius 1 is 1.50 bits per heavy atom. The molecule has 0 saturated carbocycles. The third kappa shape index (κ3) is 2.81. The number of anilines is 2. The standard InChI is InChI=1S/C12H18N6OS/c1-4-18(6-9(19)14-3)10-8-5-7(2)20-11(8)16-12(15-10)17-13/h5H,4,6,13H2,1-3H3,(H,14,19)(H,15,16,17). The van der Waals surface area contributed by atoms with Gasteiger partial charge >= 0.3 is 0 Å². The van der Waals surface area contributed by atoms with Gasteiger partial charge < -0.3 is 10.2 Å². The zero-order valence-electron chi connectivity index (χ0n) is 11.7. The average Bonchev–Trinajstić information content (AvgIpc) is 2.83. The molecule has 108 valence electrons. The minimum atomic E-state index is -0.0622. The zero-order chi connectivity index (χ0) is 14.7. The molecule has 0 radical (unpaired) electrons. The fourth-order valence-electron chi connectivity index (χ4n) is 1.92. The number of nitrogens with two attached hydrogens (primary N) is 1. The summed E-state index contributed by atoms with van der Waals surface area (Å²) in [6.45, 7) is 4.91. The van der Waals surface area contributed by atoms with Crippen molar-refractivity contribution in [2.75, 3.05) is 30.5 Å². The third-order valence-corrected chi connectivity index (χ3v) is 3.86. The first-order valence-electron chi connectivity index (χ1n) is 6.29.